The summed E-state index contributed by atoms with van der Waals surface area (Å²) in [7, 11) is 0. The van der Waals surface area contributed by atoms with E-state index in [1.165, 1.54) is 347 Å². The third kappa shape index (κ3) is 69.1. The summed E-state index contributed by atoms with van der Waals surface area (Å²) in [6, 6.07) is 0. The van der Waals surface area contributed by atoms with Crippen molar-refractivity contribution < 1.29 is 28.6 Å². The summed E-state index contributed by atoms with van der Waals surface area (Å²) >= 11 is 0. The number of carbonyl (C=O) groups is 3. The smallest absolute Gasteiger partial charge is 0.306 e. The number of hydrogen-bond donors (Lipinski definition) is 0. The minimum absolute atomic E-state index is 0.0598. The molecule has 6 nitrogen and oxygen atoms in total. The Labute approximate surface area is 508 Å². The van der Waals surface area contributed by atoms with Crippen molar-refractivity contribution >= 4 is 17.9 Å². The summed E-state index contributed by atoms with van der Waals surface area (Å²) in [6.07, 6.45) is 84.3. The maximum atomic E-state index is 13.0. The Morgan fingerprint density at radius 3 is 0.494 bits per heavy atom. The van der Waals surface area contributed by atoms with Crippen molar-refractivity contribution in [1.29, 1.82) is 0 Å². The van der Waals surface area contributed by atoms with Crippen LogP contribution in [0.3, 0.4) is 0 Å². The molecule has 81 heavy (non-hydrogen) atoms. The Bertz CT molecular complexity index is 1220. The van der Waals surface area contributed by atoms with Gasteiger partial charge in [0.2, 0.25) is 0 Å². The zero-order valence-electron chi connectivity index (χ0n) is 55.6. The Balaban J connectivity index is 4.20. The van der Waals surface area contributed by atoms with E-state index in [9.17, 15) is 14.4 Å². The average molecular weight is 1140 g/mol. The molecular formula is C75H146O6. The quantitative estimate of drug-likeness (QED) is 0.0343. The lowest BCUT2D eigenvalue weighted by molar-refractivity contribution is -0.167. The van der Waals surface area contributed by atoms with Crippen LogP contribution in [0.2, 0.25) is 0 Å². The molecule has 1 atom stereocenters. The molecule has 0 saturated heterocycles. The van der Waals surface area contributed by atoms with Crippen LogP contribution < -0.4 is 0 Å². The van der Waals surface area contributed by atoms with Crippen LogP contribution in [0.5, 0.6) is 0 Å². The summed E-state index contributed by atoms with van der Waals surface area (Å²) in [5, 5.41) is 0. The van der Waals surface area contributed by atoms with Gasteiger partial charge in [0.25, 0.3) is 0 Å². The van der Waals surface area contributed by atoms with E-state index in [0.29, 0.717) is 19.3 Å². The van der Waals surface area contributed by atoms with E-state index < -0.39 is 6.10 Å². The van der Waals surface area contributed by atoms with Crippen LogP contribution in [-0.4, -0.2) is 37.2 Å². The number of carbonyl (C=O) groups excluding carboxylic acids is 3. The summed E-state index contributed by atoms with van der Waals surface area (Å²) in [5.41, 5.74) is 0. The molecule has 1 unspecified atom stereocenters. The second-order valence-electron chi connectivity index (χ2n) is 25.9. The topological polar surface area (TPSA) is 78.9 Å². The average Bonchev–Trinajstić information content (AvgIpc) is 3.47. The first-order valence-electron chi connectivity index (χ1n) is 37.5. The Kier molecular flexibility index (Phi) is 69.5. The Hall–Kier alpha value is -1.59. The molecule has 0 aliphatic heterocycles. The zero-order valence-corrected chi connectivity index (χ0v) is 55.6. The molecule has 0 saturated carbocycles. The maximum absolute atomic E-state index is 13.0. The number of hydrogen-bond acceptors (Lipinski definition) is 6. The van der Waals surface area contributed by atoms with Gasteiger partial charge in [-0.15, -0.1) is 0 Å². The lowest BCUT2D eigenvalue weighted by Crippen LogP contribution is -2.30. The van der Waals surface area contributed by atoms with Crippen LogP contribution in [0.1, 0.15) is 445 Å². The summed E-state index contributed by atoms with van der Waals surface area (Å²) in [6.45, 7) is 6.76. The Morgan fingerprint density at radius 1 is 0.198 bits per heavy atom. The molecule has 0 aliphatic carbocycles. The predicted molar refractivity (Wildman–Crippen MR) is 354 cm³/mol. The number of unbranched alkanes of at least 4 members (excludes halogenated alkanes) is 60. The van der Waals surface area contributed by atoms with Crippen molar-refractivity contribution in [2.24, 2.45) is 0 Å². The summed E-state index contributed by atoms with van der Waals surface area (Å²) in [5.74, 6) is -0.815. The second-order valence-corrected chi connectivity index (χ2v) is 25.9. The summed E-state index contributed by atoms with van der Waals surface area (Å²) in [4.78, 5) is 38.5. The van der Waals surface area contributed by atoms with Crippen LogP contribution in [0.4, 0.5) is 0 Å². The van der Waals surface area contributed by atoms with Gasteiger partial charge in [0, 0.05) is 19.3 Å². The molecule has 0 fully saturated rings. The lowest BCUT2D eigenvalue weighted by Gasteiger charge is -2.18. The molecule has 0 spiro atoms. The summed E-state index contributed by atoms with van der Waals surface area (Å²) < 4.78 is 17.1. The van der Waals surface area contributed by atoms with Crippen LogP contribution in [0.15, 0.2) is 0 Å². The predicted octanol–water partition coefficient (Wildman–Crippen LogP) is 25.8. The minimum Gasteiger partial charge on any atom is -0.462 e. The van der Waals surface area contributed by atoms with Crippen molar-refractivity contribution in [3.05, 3.63) is 0 Å². The van der Waals surface area contributed by atoms with Gasteiger partial charge in [0.15, 0.2) is 6.10 Å². The molecular weight excluding hydrogens is 997 g/mol. The first-order valence-corrected chi connectivity index (χ1v) is 37.5. The molecule has 0 N–H and O–H groups in total. The van der Waals surface area contributed by atoms with Crippen molar-refractivity contribution in [3.8, 4) is 0 Å². The SMILES string of the molecule is CCCCCCCCCCCCCCCCCCCCCCCCCCCCCC(=O)OCC(COC(=O)CCCCCCCCCCCCCCCCCCCC)OC(=O)CCCCCCCCCCCCCCCCCCCC. The molecule has 6 heteroatoms. The largest absolute Gasteiger partial charge is 0.462 e. The van der Waals surface area contributed by atoms with Crippen LogP contribution >= 0.6 is 0 Å². The molecule has 0 radical (unpaired) electrons. The molecule has 0 aromatic rings. The van der Waals surface area contributed by atoms with Gasteiger partial charge in [-0.25, -0.2) is 0 Å². The standard InChI is InChI=1S/C75H146O6/c1-4-7-10-13-16-19-22-25-28-31-34-35-36-37-38-39-40-41-42-45-47-50-53-56-59-62-65-68-74(77)80-71-72(81-75(78)69-66-63-60-57-54-51-48-44-33-30-27-24-21-18-15-12-9-6-3)70-79-73(76)67-64-61-58-55-52-49-46-43-32-29-26-23-20-17-14-11-8-5-2/h72H,4-71H2,1-3H3. The van der Waals surface area contributed by atoms with E-state index in [2.05, 4.69) is 20.8 Å². The third-order valence-electron chi connectivity index (χ3n) is 17.6. The zero-order chi connectivity index (χ0) is 58.5. The van der Waals surface area contributed by atoms with E-state index in [4.69, 9.17) is 14.2 Å². The minimum atomic E-state index is -0.764. The highest BCUT2D eigenvalue weighted by Crippen LogP contribution is 2.20. The lowest BCUT2D eigenvalue weighted by atomic mass is 10.0. The maximum Gasteiger partial charge on any atom is 0.306 e. The van der Waals surface area contributed by atoms with Crippen LogP contribution in [0, 0.1) is 0 Å². The highest BCUT2D eigenvalue weighted by molar-refractivity contribution is 5.71. The third-order valence-corrected chi connectivity index (χ3v) is 17.6. The van der Waals surface area contributed by atoms with Gasteiger partial charge in [-0.1, -0.05) is 406 Å². The first kappa shape index (κ1) is 79.4. The molecule has 0 rings (SSSR count). The van der Waals surface area contributed by atoms with Crippen LogP contribution in [0.25, 0.3) is 0 Å². The Morgan fingerprint density at radius 2 is 0.333 bits per heavy atom. The van der Waals surface area contributed by atoms with E-state index in [0.717, 1.165) is 57.8 Å². The van der Waals surface area contributed by atoms with Crippen molar-refractivity contribution in [3.63, 3.8) is 0 Å². The fourth-order valence-electron chi connectivity index (χ4n) is 12.0. The number of rotatable bonds is 71. The fourth-order valence-corrected chi connectivity index (χ4v) is 12.0. The molecule has 482 valence electrons. The van der Waals surface area contributed by atoms with Gasteiger partial charge < -0.3 is 14.2 Å². The van der Waals surface area contributed by atoms with E-state index in [-0.39, 0.29) is 31.1 Å². The number of ether oxygens (including phenoxy) is 3. The molecule has 0 aliphatic rings. The monoisotopic (exact) mass is 1140 g/mol. The molecule has 0 heterocycles. The van der Waals surface area contributed by atoms with E-state index in [1.54, 1.807) is 0 Å². The molecule has 0 aromatic carbocycles. The van der Waals surface area contributed by atoms with Gasteiger partial charge >= 0.3 is 17.9 Å². The highest BCUT2D eigenvalue weighted by Gasteiger charge is 2.20. The van der Waals surface area contributed by atoms with E-state index in [1.807, 2.05) is 0 Å². The highest BCUT2D eigenvalue weighted by atomic mass is 16.6. The molecule has 0 aromatic heterocycles. The van der Waals surface area contributed by atoms with Gasteiger partial charge in [-0.3, -0.25) is 14.4 Å². The first-order chi connectivity index (χ1) is 40.0. The van der Waals surface area contributed by atoms with Gasteiger partial charge in [0.1, 0.15) is 13.2 Å². The molecule has 0 bridgehead atoms. The van der Waals surface area contributed by atoms with Crippen LogP contribution in [-0.2, 0) is 28.6 Å². The van der Waals surface area contributed by atoms with Gasteiger partial charge in [-0.2, -0.15) is 0 Å². The normalized spacial score (nSPS) is 11.9. The van der Waals surface area contributed by atoms with Crippen molar-refractivity contribution in [1.82, 2.24) is 0 Å². The van der Waals surface area contributed by atoms with E-state index >= 15 is 0 Å². The number of esters is 3. The second kappa shape index (κ2) is 70.9. The fraction of sp³-hybridized carbons (Fsp3) is 0.960. The van der Waals surface area contributed by atoms with Gasteiger partial charge in [0.05, 0.1) is 0 Å². The van der Waals surface area contributed by atoms with Crippen molar-refractivity contribution in [2.75, 3.05) is 13.2 Å². The van der Waals surface area contributed by atoms with Crippen molar-refractivity contribution in [2.45, 2.75) is 451 Å². The molecule has 0 amide bonds. The van der Waals surface area contributed by atoms with Gasteiger partial charge in [-0.05, 0) is 19.3 Å².